The summed E-state index contributed by atoms with van der Waals surface area (Å²) in [5.41, 5.74) is 3.44. The zero-order chi connectivity index (χ0) is 27.2. The lowest BCUT2D eigenvalue weighted by Gasteiger charge is -2.33. The molecule has 0 unspecified atom stereocenters. The Labute approximate surface area is 229 Å². The molecule has 5 aromatic heterocycles. The lowest BCUT2D eigenvalue weighted by atomic mass is 10.1. The van der Waals surface area contributed by atoms with Crippen LogP contribution in [0, 0.1) is 11.7 Å². The van der Waals surface area contributed by atoms with Gasteiger partial charge in [-0.25, -0.2) is 14.4 Å². The van der Waals surface area contributed by atoms with Crippen LogP contribution in [0.5, 0.6) is 0 Å². The van der Waals surface area contributed by atoms with E-state index in [4.69, 9.17) is 4.98 Å². The van der Waals surface area contributed by atoms with E-state index in [-0.39, 0.29) is 22.9 Å². The average Bonchev–Trinajstić information content (AvgIpc) is 3.73. The number of carbonyl (C=O) groups excluding carboxylic acids is 1. The van der Waals surface area contributed by atoms with Crippen LogP contribution in [0.25, 0.3) is 44.7 Å². The summed E-state index contributed by atoms with van der Waals surface area (Å²) in [7, 11) is 2.11. The molecule has 0 spiro atoms. The molecule has 3 N–H and O–H groups in total. The standard InChI is InChI=1S/C28H29FN10O/c1-38-8-10-39(11-9-38)27-24-19(6-7-31-27)34-26(35-24)25-21-20(36-37-25)15-32-23(22(21)29)17-12-18(14-30-13-17)33-28(40)16-4-2-3-5-16/h6-7,12-16H,2-5,8-11H2,1H3,(H,33,40)(H,34,35)(H,36,37). The number of imidazole rings is 1. The molecule has 0 atom stereocenters. The third kappa shape index (κ3) is 4.34. The maximum atomic E-state index is 16.1. The fourth-order valence-electron chi connectivity index (χ4n) is 5.70. The number of aromatic nitrogens is 7. The van der Waals surface area contributed by atoms with Crippen molar-refractivity contribution in [2.45, 2.75) is 25.7 Å². The number of H-pyrrole nitrogens is 2. The van der Waals surface area contributed by atoms with E-state index in [2.05, 4.69) is 52.3 Å². The number of nitrogens with one attached hydrogen (secondary N) is 3. The Balaban J connectivity index is 1.24. The first-order chi connectivity index (χ1) is 19.5. The molecule has 0 bridgehead atoms. The van der Waals surface area contributed by atoms with Crippen molar-refractivity contribution in [3.05, 3.63) is 42.7 Å². The fourth-order valence-corrected chi connectivity index (χ4v) is 5.70. The molecule has 12 heteroatoms. The number of amides is 1. The van der Waals surface area contributed by atoms with Gasteiger partial charge in [-0.15, -0.1) is 0 Å². The van der Waals surface area contributed by atoms with Crippen LogP contribution in [0.15, 0.2) is 36.9 Å². The minimum Gasteiger partial charge on any atom is -0.352 e. The number of aromatic amines is 2. The lowest BCUT2D eigenvalue weighted by molar-refractivity contribution is -0.119. The van der Waals surface area contributed by atoms with Crippen LogP contribution in [-0.2, 0) is 4.79 Å². The van der Waals surface area contributed by atoms with Gasteiger partial charge in [0.2, 0.25) is 5.91 Å². The van der Waals surface area contributed by atoms with Crippen LogP contribution in [0.4, 0.5) is 15.9 Å². The highest BCUT2D eigenvalue weighted by molar-refractivity contribution is 5.97. The number of anilines is 2. The third-order valence-corrected chi connectivity index (χ3v) is 7.96. The predicted molar refractivity (Wildman–Crippen MR) is 150 cm³/mol. The van der Waals surface area contributed by atoms with Crippen molar-refractivity contribution >= 4 is 39.3 Å². The smallest absolute Gasteiger partial charge is 0.227 e. The lowest BCUT2D eigenvalue weighted by Crippen LogP contribution is -2.44. The van der Waals surface area contributed by atoms with Crippen LogP contribution in [0.2, 0.25) is 0 Å². The molecule has 6 heterocycles. The van der Waals surface area contributed by atoms with Gasteiger partial charge in [-0.2, -0.15) is 5.10 Å². The Morgan fingerprint density at radius 3 is 2.70 bits per heavy atom. The van der Waals surface area contributed by atoms with Crippen molar-refractivity contribution in [3.63, 3.8) is 0 Å². The maximum absolute atomic E-state index is 16.1. The SMILES string of the molecule is CN1CCN(c2nccc3[nH]c(-c4n[nH]c5cnc(-c6cncc(NC(=O)C7CCCC7)c6)c(F)c45)nc23)CC1. The van der Waals surface area contributed by atoms with Crippen LogP contribution in [0.3, 0.4) is 0 Å². The van der Waals surface area contributed by atoms with E-state index in [0.717, 1.165) is 68.7 Å². The Morgan fingerprint density at radius 1 is 1.05 bits per heavy atom. The van der Waals surface area contributed by atoms with Gasteiger partial charge in [0.25, 0.3) is 0 Å². The number of carbonyl (C=O) groups is 1. The summed E-state index contributed by atoms with van der Waals surface area (Å²) in [4.78, 5) is 38.5. The van der Waals surface area contributed by atoms with Gasteiger partial charge in [-0.05, 0) is 32.0 Å². The monoisotopic (exact) mass is 540 g/mol. The number of pyridine rings is 3. The van der Waals surface area contributed by atoms with Crippen LogP contribution in [-0.4, -0.2) is 79.2 Å². The second kappa shape index (κ2) is 9.94. The van der Waals surface area contributed by atoms with E-state index in [1.54, 1.807) is 24.7 Å². The molecule has 0 radical (unpaired) electrons. The van der Waals surface area contributed by atoms with E-state index < -0.39 is 5.82 Å². The number of piperazine rings is 1. The van der Waals surface area contributed by atoms with Crippen molar-refractivity contribution in [2.24, 2.45) is 5.92 Å². The first-order valence-electron chi connectivity index (χ1n) is 13.6. The molecule has 0 aromatic carbocycles. The van der Waals surface area contributed by atoms with Gasteiger partial charge in [-0.1, -0.05) is 12.8 Å². The van der Waals surface area contributed by atoms with Gasteiger partial charge in [0, 0.05) is 50.1 Å². The average molecular weight is 541 g/mol. The van der Waals surface area contributed by atoms with Gasteiger partial charge < -0.3 is 20.1 Å². The number of halogens is 1. The third-order valence-electron chi connectivity index (χ3n) is 7.96. The van der Waals surface area contributed by atoms with E-state index in [0.29, 0.717) is 28.3 Å². The summed E-state index contributed by atoms with van der Waals surface area (Å²) < 4.78 is 16.1. The van der Waals surface area contributed by atoms with E-state index in [9.17, 15) is 4.79 Å². The summed E-state index contributed by atoms with van der Waals surface area (Å²) in [5.74, 6) is 0.696. The van der Waals surface area contributed by atoms with Crippen LogP contribution >= 0.6 is 0 Å². The Kier molecular flexibility index (Phi) is 6.11. The fraction of sp³-hybridized carbons (Fsp3) is 0.357. The molecule has 7 rings (SSSR count). The molecule has 2 aliphatic rings. The van der Waals surface area contributed by atoms with Crippen molar-refractivity contribution < 1.29 is 9.18 Å². The molecule has 1 saturated carbocycles. The molecule has 2 fully saturated rings. The molecule has 40 heavy (non-hydrogen) atoms. The number of fused-ring (bicyclic) bond motifs is 2. The van der Waals surface area contributed by atoms with E-state index >= 15 is 4.39 Å². The molecule has 1 aliphatic carbocycles. The molecular weight excluding hydrogens is 511 g/mol. The highest BCUT2D eigenvalue weighted by Gasteiger charge is 2.25. The zero-order valence-electron chi connectivity index (χ0n) is 22.1. The summed E-state index contributed by atoms with van der Waals surface area (Å²) in [5, 5.41) is 10.5. The first-order valence-corrected chi connectivity index (χ1v) is 13.6. The van der Waals surface area contributed by atoms with Crippen molar-refractivity contribution in [1.82, 2.24) is 40.0 Å². The highest BCUT2D eigenvalue weighted by atomic mass is 19.1. The first kappa shape index (κ1) is 24.6. The maximum Gasteiger partial charge on any atom is 0.227 e. The predicted octanol–water partition coefficient (Wildman–Crippen LogP) is 3.98. The molecule has 204 valence electrons. The van der Waals surface area contributed by atoms with Crippen molar-refractivity contribution in [1.29, 1.82) is 0 Å². The number of hydrogen-bond acceptors (Lipinski definition) is 8. The molecular formula is C28H29FN10O. The van der Waals surface area contributed by atoms with Crippen molar-refractivity contribution in [2.75, 3.05) is 43.4 Å². The zero-order valence-corrected chi connectivity index (χ0v) is 22.1. The summed E-state index contributed by atoms with van der Waals surface area (Å²) in [6.07, 6.45) is 10.3. The Bertz CT molecular complexity index is 1720. The van der Waals surface area contributed by atoms with Crippen molar-refractivity contribution in [3.8, 4) is 22.8 Å². The normalized spacial score (nSPS) is 16.8. The summed E-state index contributed by atoms with van der Waals surface area (Å²) in [6, 6.07) is 3.56. The number of rotatable bonds is 5. The molecule has 1 saturated heterocycles. The van der Waals surface area contributed by atoms with Gasteiger partial charge in [0.1, 0.15) is 16.9 Å². The topological polar surface area (TPSA) is 132 Å². The Hall–Kier alpha value is -4.45. The van der Waals surface area contributed by atoms with Gasteiger partial charge in [0.05, 0.1) is 34.5 Å². The quantitative estimate of drug-likeness (QED) is 0.305. The largest absolute Gasteiger partial charge is 0.352 e. The second-order valence-electron chi connectivity index (χ2n) is 10.6. The van der Waals surface area contributed by atoms with Gasteiger partial charge >= 0.3 is 0 Å². The molecule has 5 aromatic rings. The number of nitrogens with zero attached hydrogens (tertiary/aromatic N) is 7. The van der Waals surface area contributed by atoms with E-state index in [1.807, 2.05) is 6.07 Å². The minimum absolute atomic E-state index is 0.0131. The van der Waals surface area contributed by atoms with Crippen LogP contribution < -0.4 is 10.2 Å². The van der Waals surface area contributed by atoms with E-state index in [1.165, 1.54) is 6.20 Å². The second-order valence-corrected chi connectivity index (χ2v) is 10.6. The minimum atomic E-state index is -0.541. The number of hydrogen-bond donors (Lipinski definition) is 3. The summed E-state index contributed by atoms with van der Waals surface area (Å²) in [6.45, 7) is 3.60. The molecule has 1 amide bonds. The molecule has 11 nitrogen and oxygen atoms in total. The molecule has 1 aliphatic heterocycles. The highest BCUT2D eigenvalue weighted by Crippen LogP contribution is 2.34. The summed E-state index contributed by atoms with van der Waals surface area (Å²) >= 11 is 0. The van der Waals surface area contributed by atoms with Gasteiger partial charge in [0.15, 0.2) is 17.5 Å². The van der Waals surface area contributed by atoms with Crippen LogP contribution in [0.1, 0.15) is 25.7 Å². The number of likely N-dealkylation sites (N-methyl/N-ethyl adjacent to an activating group) is 1. The Morgan fingerprint density at radius 2 is 1.88 bits per heavy atom. The van der Waals surface area contributed by atoms with Gasteiger partial charge in [-0.3, -0.25) is 19.9 Å².